The van der Waals surface area contributed by atoms with Gasteiger partial charge in [-0.1, -0.05) is 6.08 Å². The van der Waals surface area contributed by atoms with Crippen LogP contribution in [-0.2, 0) is 6.42 Å². The lowest BCUT2D eigenvalue weighted by Crippen LogP contribution is -2.47. The zero-order valence-electron chi connectivity index (χ0n) is 10.4. The van der Waals surface area contributed by atoms with Crippen molar-refractivity contribution in [3.63, 3.8) is 0 Å². The monoisotopic (exact) mass is 264 g/mol. The summed E-state index contributed by atoms with van der Waals surface area (Å²) in [5.41, 5.74) is 2.03. The number of nitrogens with one attached hydrogen (secondary N) is 1. The minimum Gasteiger partial charge on any atom is -0.359 e. The molecule has 0 saturated carbocycles. The second-order valence-corrected chi connectivity index (χ2v) is 4.89. The van der Waals surface area contributed by atoms with Gasteiger partial charge in [-0.2, -0.15) is 0 Å². The quantitative estimate of drug-likeness (QED) is 0.653. The van der Waals surface area contributed by atoms with Crippen molar-refractivity contribution in [1.82, 2.24) is 5.32 Å². The highest BCUT2D eigenvalue weighted by Crippen LogP contribution is 2.31. The molecule has 1 aliphatic rings. The van der Waals surface area contributed by atoms with Crippen LogP contribution in [0.3, 0.4) is 0 Å². The minimum atomic E-state index is -0.187. The standard InChI is InChI=1S/C14H17FN2S/c1-3-8-16-14(18)17-10(2)4-5-11-9-12(15)6-7-13(11)17/h3,6-7,9-10H,1,4-5,8H2,2H3,(H,16,18). The zero-order valence-corrected chi connectivity index (χ0v) is 11.3. The molecule has 1 aliphatic heterocycles. The highest BCUT2D eigenvalue weighted by atomic mass is 32.1. The molecular formula is C14H17FN2S. The van der Waals surface area contributed by atoms with Gasteiger partial charge in [-0.05, 0) is 55.7 Å². The van der Waals surface area contributed by atoms with Crippen LogP contribution in [0.5, 0.6) is 0 Å². The second-order valence-electron chi connectivity index (χ2n) is 4.51. The van der Waals surface area contributed by atoms with Gasteiger partial charge in [-0.15, -0.1) is 6.58 Å². The van der Waals surface area contributed by atoms with Crippen LogP contribution in [-0.4, -0.2) is 17.7 Å². The van der Waals surface area contributed by atoms with E-state index in [2.05, 4.69) is 23.7 Å². The topological polar surface area (TPSA) is 15.3 Å². The summed E-state index contributed by atoms with van der Waals surface area (Å²) >= 11 is 5.40. The van der Waals surface area contributed by atoms with Gasteiger partial charge < -0.3 is 10.2 Å². The summed E-state index contributed by atoms with van der Waals surface area (Å²) in [4.78, 5) is 2.07. The number of hydrogen-bond donors (Lipinski definition) is 1. The van der Waals surface area contributed by atoms with Crippen LogP contribution in [0.2, 0.25) is 0 Å². The summed E-state index contributed by atoms with van der Waals surface area (Å²) in [7, 11) is 0. The Morgan fingerprint density at radius 3 is 3.17 bits per heavy atom. The second kappa shape index (κ2) is 5.48. The number of nitrogens with zero attached hydrogens (tertiary/aromatic N) is 1. The van der Waals surface area contributed by atoms with Crippen molar-refractivity contribution in [3.05, 3.63) is 42.2 Å². The lowest BCUT2D eigenvalue weighted by molar-refractivity contribution is 0.601. The predicted octanol–water partition coefficient (Wildman–Crippen LogP) is 3.03. The summed E-state index contributed by atoms with van der Waals surface area (Å²) in [5.74, 6) is -0.187. The molecule has 0 bridgehead atoms. The van der Waals surface area contributed by atoms with Crippen molar-refractivity contribution in [1.29, 1.82) is 0 Å². The first-order valence-corrected chi connectivity index (χ1v) is 6.50. The number of anilines is 1. The molecule has 1 atom stereocenters. The van der Waals surface area contributed by atoms with Crippen LogP contribution in [0.15, 0.2) is 30.9 Å². The van der Waals surface area contributed by atoms with E-state index in [4.69, 9.17) is 12.2 Å². The fourth-order valence-corrected chi connectivity index (χ4v) is 2.64. The van der Waals surface area contributed by atoms with Gasteiger partial charge in [-0.25, -0.2) is 4.39 Å². The van der Waals surface area contributed by atoms with Gasteiger partial charge in [0.2, 0.25) is 0 Å². The van der Waals surface area contributed by atoms with E-state index in [1.54, 1.807) is 12.1 Å². The van der Waals surface area contributed by atoms with Crippen LogP contribution in [0.25, 0.3) is 0 Å². The number of thiocarbonyl (C=S) groups is 1. The van der Waals surface area contributed by atoms with Gasteiger partial charge in [0, 0.05) is 18.3 Å². The summed E-state index contributed by atoms with van der Waals surface area (Å²) in [5, 5.41) is 3.81. The smallest absolute Gasteiger partial charge is 0.173 e. The Morgan fingerprint density at radius 2 is 2.44 bits per heavy atom. The number of fused-ring (bicyclic) bond motifs is 1. The molecule has 0 radical (unpaired) electrons. The third-order valence-electron chi connectivity index (χ3n) is 3.19. The summed E-state index contributed by atoms with van der Waals surface area (Å²) in [6.07, 6.45) is 3.65. The van der Waals surface area contributed by atoms with Crippen molar-refractivity contribution >= 4 is 23.0 Å². The lowest BCUT2D eigenvalue weighted by Gasteiger charge is -2.37. The van der Waals surface area contributed by atoms with Gasteiger partial charge in [0.1, 0.15) is 5.82 Å². The molecule has 1 aromatic rings. The molecular weight excluding hydrogens is 247 g/mol. The third kappa shape index (κ3) is 2.53. The maximum Gasteiger partial charge on any atom is 0.173 e. The Kier molecular flexibility index (Phi) is 3.97. The van der Waals surface area contributed by atoms with E-state index in [9.17, 15) is 4.39 Å². The molecule has 0 fully saturated rings. The van der Waals surface area contributed by atoms with E-state index in [1.165, 1.54) is 6.07 Å². The van der Waals surface area contributed by atoms with Gasteiger partial charge in [-0.3, -0.25) is 0 Å². The lowest BCUT2D eigenvalue weighted by atomic mass is 9.97. The van der Waals surface area contributed by atoms with Crippen LogP contribution >= 0.6 is 12.2 Å². The summed E-state index contributed by atoms with van der Waals surface area (Å²) in [6, 6.07) is 5.22. The Balaban J connectivity index is 2.30. The maximum absolute atomic E-state index is 13.2. The van der Waals surface area contributed by atoms with E-state index >= 15 is 0 Å². The average Bonchev–Trinajstić information content (AvgIpc) is 2.36. The van der Waals surface area contributed by atoms with E-state index < -0.39 is 0 Å². The molecule has 1 aromatic carbocycles. The highest BCUT2D eigenvalue weighted by Gasteiger charge is 2.25. The minimum absolute atomic E-state index is 0.187. The summed E-state index contributed by atoms with van der Waals surface area (Å²) in [6.45, 7) is 6.43. The van der Waals surface area contributed by atoms with Crippen LogP contribution < -0.4 is 10.2 Å². The van der Waals surface area contributed by atoms with Crippen molar-refractivity contribution < 1.29 is 4.39 Å². The van der Waals surface area contributed by atoms with E-state index in [-0.39, 0.29) is 5.82 Å². The van der Waals surface area contributed by atoms with Crippen LogP contribution in [0, 0.1) is 5.82 Å². The number of rotatable bonds is 2. The Bertz CT molecular complexity index is 473. The third-order valence-corrected chi connectivity index (χ3v) is 3.53. The summed E-state index contributed by atoms with van der Waals surface area (Å²) < 4.78 is 13.2. The van der Waals surface area contributed by atoms with Crippen LogP contribution in [0.4, 0.5) is 10.1 Å². The molecule has 1 heterocycles. The van der Waals surface area contributed by atoms with Crippen molar-refractivity contribution in [2.75, 3.05) is 11.4 Å². The van der Waals surface area contributed by atoms with Gasteiger partial charge in [0.25, 0.3) is 0 Å². The Hall–Kier alpha value is -1.42. The molecule has 1 unspecified atom stereocenters. The van der Waals surface area contributed by atoms with Gasteiger partial charge >= 0.3 is 0 Å². The molecule has 0 saturated heterocycles. The molecule has 0 spiro atoms. The molecule has 1 N–H and O–H groups in total. The zero-order chi connectivity index (χ0) is 13.1. The predicted molar refractivity (Wildman–Crippen MR) is 77.5 cm³/mol. The van der Waals surface area contributed by atoms with E-state index in [0.717, 1.165) is 24.1 Å². The van der Waals surface area contributed by atoms with Gasteiger partial charge in [0.15, 0.2) is 5.11 Å². The molecule has 18 heavy (non-hydrogen) atoms. The highest BCUT2D eigenvalue weighted by molar-refractivity contribution is 7.80. The fourth-order valence-electron chi connectivity index (χ4n) is 2.27. The van der Waals surface area contributed by atoms with E-state index in [1.807, 2.05) is 6.07 Å². The van der Waals surface area contributed by atoms with E-state index in [0.29, 0.717) is 17.7 Å². The maximum atomic E-state index is 13.2. The SMILES string of the molecule is C=CCNC(=S)N1c2ccc(F)cc2CCC1C. The number of halogens is 1. The first-order chi connectivity index (χ1) is 8.63. The number of benzene rings is 1. The molecule has 2 rings (SSSR count). The molecule has 2 nitrogen and oxygen atoms in total. The first-order valence-electron chi connectivity index (χ1n) is 6.10. The first kappa shape index (κ1) is 13.0. The van der Waals surface area contributed by atoms with Crippen molar-refractivity contribution in [2.24, 2.45) is 0 Å². The van der Waals surface area contributed by atoms with Gasteiger partial charge in [0.05, 0.1) is 0 Å². The Morgan fingerprint density at radius 1 is 1.67 bits per heavy atom. The molecule has 96 valence electrons. The normalized spacial score (nSPS) is 18.1. The average molecular weight is 264 g/mol. The van der Waals surface area contributed by atoms with Crippen molar-refractivity contribution in [3.8, 4) is 0 Å². The van der Waals surface area contributed by atoms with Crippen molar-refractivity contribution in [2.45, 2.75) is 25.8 Å². The molecule has 0 aromatic heterocycles. The largest absolute Gasteiger partial charge is 0.359 e. The molecule has 4 heteroatoms. The Labute approximate surface area is 112 Å². The molecule has 0 amide bonds. The fraction of sp³-hybridized carbons (Fsp3) is 0.357. The van der Waals surface area contributed by atoms with Crippen LogP contribution in [0.1, 0.15) is 18.9 Å². The molecule has 0 aliphatic carbocycles. The number of aryl methyl sites for hydroxylation is 1. The number of hydrogen-bond acceptors (Lipinski definition) is 1.